The van der Waals surface area contributed by atoms with E-state index < -0.39 is 22.6 Å². The number of nitro groups is 1. The Morgan fingerprint density at radius 1 is 1.25 bits per heavy atom. The monoisotopic (exact) mass is 336 g/mol. The summed E-state index contributed by atoms with van der Waals surface area (Å²) in [4.78, 5) is 32.9. The first-order valence-corrected chi connectivity index (χ1v) is 7.23. The first-order chi connectivity index (χ1) is 11.2. The smallest absolute Gasteiger partial charge is 0.407 e. The number of carbonyl (C=O) groups excluding carboxylic acids is 2. The fourth-order valence-corrected chi connectivity index (χ4v) is 1.54. The maximum Gasteiger partial charge on any atom is 0.407 e. The van der Waals surface area contributed by atoms with Crippen LogP contribution in [0.5, 0.6) is 0 Å². The molecule has 8 nitrogen and oxygen atoms in total. The molecule has 0 saturated carbocycles. The van der Waals surface area contributed by atoms with Crippen LogP contribution in [0, 0.1) is 10.1 Å². The van der Waals surface area contributed by atoms with Gasteiger partial charge >= 0.3 is 12.1 Å². The minimum atomic E-state index is -0.589. The van der Waals surface area contributed by atoms with Crippen LogP contribution in [0.25, 0.3) is 6.08 Å². The Kier molecular flexibility index (Phi) is 6.91. The van der Waals surface area contributed by atoms with Crippen LogP contribution in [0.2, 0.25) is 0 Å². The minimum absolute atomic E-state index is 0.00266. The minimum Gasteiger partial charge on any atom is -0.461 e. The first kappa shape index (κ1) is 19.1. The zero-order valence-corrected chi connectivity index (χ0v) is 13.8. The van der Waals surface area contributed by atoms with E-state index in [4.69, 9.17) is 9.47 Å². The molecule has 0 heterocycles. The van der Waals surface area contributed by atoms with Gasteiger partial charge in [-0.25, -0.2) is 9.59 Å². The maximum atomic E-state index is 11.5. The number of amides is 1. The predicted octanol–water partition coefficient (Wildman–Crippen LogP) is 2.68. The fourth-order valence-electron chi connectivity index (χ4n) is 1.54. The average molecular weight is 336 g/mol. The van der Waals surface area contributed by atoms with Gasteiger partial charge in [0.25, 0.3) is 5.69 Å². The van der Waals surface area contributed by atoms with Gasteiger partial charge < -0.3 is 14.8 Å². The lowest BCUT2D eigenvalue weighted by atomic mass is 10.2. The van der Waals surface area contributed by atoms with Crippen LogP contribution in [0.4, 0.5) is 10.5 Å². The Labute approximate surface area is 139 Å². The lowest BCUT2D eigenvalue weighted by Gasteiger charge is -2.19. The molecule has 1 N–H and O–H groups in total. The van der Waals surface area contributed by atoms with Crippen LogP contribution >= 0.6 is 0 Å². The number of ether oxygens (including phenoxy) is 2. The highest BCUT2D eigenvalue weighted by Gasteiger charge is 2.15. The topological polar surface area (TPSA) is 108 Å². The molecule has 0 aliphatic carbocycles. The molecular formula is C16H20N2O6. The van der Waals surface area contributed by atoms with E-state index in [0.29, 0.717) is 5.56 Å². The summed E-state index contributed by atoms with van der Waals surface area (Å²) in [5.41, 5.74) is 0.0150. The van der Waals surface area contributed by atoms with Crippen molar-refractivity contribution in [2.45, 2.75) is 26.4 Å². The average Bonchev–Trinajstić information content (AvgIpc) is 2.48. The van der Waals surface area contributed by atoms with E-state index in [1.54, 1.807) is 20.8 Å². The van der Waals surface area contributed by atoms with Crippen molar-refractivity contribution < 1.29 is 24.0 Å². The molecule has 1 amide bonds. The second-order valence-electron chi connectivity index (χ2n) is 5.78. The molecule has 1 rings (SSSR count). The fraction of sp³-hybridized carbons (Fsp3) is 0.375. The van der Waals surface area contributed by atoms with Gasteiger partial charge in [-0.2, -0.15) is 0 Å². The second-order valence-corrected chi connectivity index (χ2v) is 5.78. The van der Waals surface area contributed by atoms with Gasteiger partial charge in [0.05, 0.1) is 11.5 Å². The predicted molar refractivity (Wildman–Crippen MR) is 87.3 cm³/mol. The summed E-state index contributed by atoms with van der Waals surface area (Å²) in [6, 6.07) is 5.73. The van der Waals surface area contributed by atoms with Gasteiger partial charge in [-0.15, -0.1) is 0 Å². The first-order valence-electron chi connectivity index (χ1n) is 7.23. The van der Waals surface area contributed by atoms with Crippen molar-refractivity contribution in [1.29, 1.82) is 0 Å². The summed E-state index contributed by atoms with van der Waals surface area (Å²) in [5, 5.41) is 13.0. The standard InChI is InChI=1S/C16H20N2O6/c1-16(2,3)24-15(20)17-10-11-23-14(19)9-6-12-4-7-13(8-5-12)18(21)22/h4-9H,10-11H2,1-3H3,(H,17,20)/b9-6+. The molecule has 0 radical (unpaired) electrons. The number of nitro benzene ring substituents is 1. The van der Waals surface area contributed by atoms with E-state index in [2.05, 4.69) is 5.32 Å². The Bertz CT molecular complexity index is 616. The lowest BCUT2D eigenvalue weighted by molar-refractivity contribution is -0.384. The summed E-state index contributed by atoms with van der Waals surface area (Å²) in [5.74, 6) is -0.584. The molecule has 8 heteroatoms. The van der Waals surface area contributed by atoms with E-state index in [9.17, 15) is 19.7 Å². The third-order valence-electron chi connectivity index (χ3n) is 2.53. The van der Waals surface area contributed by atoms with Crippen LogP contribution in [-0.2, 0) is 14.3 Å². The quantitative estimate of drug-likeness (QED) is 0.281. The molecule has 0 aliphatic rings. The van der Waals surface area contributed by atoms with Crippen LogP contribution in [0.15, 0.2) is 30.3 Å². The molecule has 0 aromatic heterocycles. The third kappa shape index (κ3) is 7.92. The molecule has 24 heavy (non-hydrogen) atoms. The molecule has 0 fully saturated rings. The number of esters is 1. The van der Waals surface area contributed by atoms with E-state index in [0.717, 1.165) is 0 Å². The number of nitrogens with one attached hydrogen (secondary N) is 1. The zero-order chi connectivity index (χ0) is 18.2. The number of hydrogen-bond acceptors (Lipinski definition) is 6. The van der Waals surface area contributed by atoms with Gasteiger partial charge in [-0.1, -0.05) is 0 Å². The van der Waals surface area contributed by atoms with Gasteiger partial charge in [0.1, 0.15) is 12.2 Å². The number of alkyl carbamates (subject to hydrolysis) is 1. The molecule has 1 aromatic rings. The lowest BCUT2D eigenvalue weighted by Crippen LogP contribution is -2.34. The van der Waals surface area contributed by atoms with Crippen molar-refractivity contribution in [3.05, 3.63) is 46.0 Å². The summed E-state index contributed by atoms with van der Waals surface area (Å²) < 4.78 is 9.93. The highest BCUT2D eigenvalue weighted by molar-refractivity contribution is 5.87. The van der Waals surface area contributed by atoms with Gasteiger partial charge in [0.2, 0.25) is 0 Å². The van der Waals surface area contributed by atoms with E-state index >= 15 is 0 Å². The van der Waals surface area contributed by atoms with E-state index in [1.807, 2.05) is 0 Å². The zero-order valence-electron chi connectivity index (χ0n) is 13.8. The largest absolute Gasteiger partial charge is 0.461 e. The van der Waals surface area contributed by atoms with Crippen molar-refractivity contribution in [3.8, 4) is 0 Å². The normalized spacial score (nSPS) is 11.1. The molecule has 0 atom stereocenters. The summed E-state index contributed by atoms with van der Waals surface area (Å²) in [6.45, 7) is 5.37. The summed E-state index contributed by atoms with van der Waals surface area (Å²) >= 11 is 0. The highest BCUT2D eigenvalue weighted by atomic mass is 16.6. The van der Waals surface area contributed by atoms with Gasteiger partial charge in [0.15, 0.2) is 0 Å². The van der Waals surface area contributed by atoms with Crippen molar-refractivity contribution in [1.82, 2.24) is 5.32 Å². The van der Waals surface area contributed by atoms with Crippen LogP contribution < -0.4 is 5.32 Å². The third-order valence-corrected chi connectivity index (χ3v) is 2.53. The summed E-state index contributed by atoms with van der Waals surface area (Å²) in [7, 11) is 0. The van der Waals surface area contributed by atoms with Gasteiger partial charge in [0, 0.05) is 18.2 Å². The number of carbonyl (C=O) groups is 2. The van der Waals surface area contributed by atoms with Gasteiger partial charge in [-0.3, -0.25) is 10.1 Å². The molecule has 0 aliphatic heterocycles. The molecular weight excluding hydrogens is 316 g/mol. The number of rotatable bonds is 6. The molecule has 0 unspecified atom stereocenters. The maximum absolute atomic E-state index is 11.5. The highest BCUT2D eigenvalue weighted by Crippen LogP contribution is 2.12. The molecule has 0 bridgehead atoms. The van der Waals surface area contributed by atoms with Gasteiger partial charge in [-0.05, 0) is 44.5 Å². The summed E-state index contributed by atoms with van der Waals surface area (Å²) in [6.07, 6.45) is 2.10. The second kappa shape index (κ2) is 8.66. The number of nitrogens with zero attached hydrogens (tertiary/aromatic N) is 1. The molecule has 0 saturated heterocycles. The van der Waals surface area contributed by atoms with Crippen LogP contribution in [0.3, 0.4) is 0 Å². The number of non-ortho nitro benzene ring substituents is 1. The molecule has 0 spiro atoms. The Balaban J connectivity index is 2.31. The van der Waals surface area contributed by atoms with Crippen LogP contribution in [0.1, 0.15) is 26.3 Å². The Morgan fingerprint density at radius 3 is 2.42 bits per heavy atom. The van der Waals surface area contributed by atoms with E-state index in [1.165, 1.54) is 36.4 Å². The number of benzene rings is 1. The van der Waals surface area contributed by atoms with Crippen LogP contribution in [-0.4, -0.2) is 35.7 Å². The SMILES string of the molecule is CC(C)(C)OC(=O)NCCOC(=O)/C=C/c1ccc([N+](=O)[O-])cc1. The Hall–Kier alpha value is -2.90. The van der Waals surface area contributed by atoms with Crippen molar-refractivity contribution in [2.75, 3.05) is 13.2 Å². The van der Waals surface area contributed by atoms with Crippen molar-refractivity contribution >= 4 is 23.8 Å². The van der Waals surface area contributed by atoms with E-state index in [-0.39, 0.29) is 18.8 Å². The number of hydrogen-bond donors (Lipinski definition) is 1. The molecule has 130 valence electrons. The molecule has 1 aromatic carbocycles. The van der Waals surface area contributed by atoms with Crippen molar-refractivity contribution in [3.63, 3.8) is 0 Å². The van der Waals surface area contributed by atoms with Crippen molar-refractivity contribution in [2.24, 2.45) is 0 Å². The Morgan fingerprint density at radius 2 is 1.88 bits per heavy atom.